The van der Waals surface area contributed by atoms with Crippen LogP contribution in [0.2, 0.25) is 0 Å². The topological polar surface area (TPSA) is 92.4 Å². The third-order valence-corrected chi connectivity index (χ3v) is 2.57. The molecule has 0 heterocycles. The first-order chi connectivity index (χ1) is 8.21. The van der Waals surface area contributed by atoms with Crippen LogP contribution in [0, 0.1) is 6.92 Å². The van der Waals surface area contributed by atoms with Gasteiger partial charge in [0.05, 0.1) is 6.42 Å². The lowest BCUT2D eigenvalue weighted by Crippen LogP contribution is -2.33. The predicted molar refractivity (Wildman–Crippen MR) is 69.7 cm³/mol. The highest BCUT2D eigenvalue weighted by atomic mass is 16.4. The predicted octanol–water partition coefficient (Wildman–Crippen LogP) is 1.76. The van der Waals surface area contributed by atoms with Gasteiger partial charge in [0, 0.05) is 16.8 Å². The van der Waals surface area contributed by atoms with Crippen LogP contribution in [0.3, 0.4) is 0 Å². The van der Waals surface area contributed by atoms with Crippen molar-refractivity contribution in [2.75, 3.05) is 5.32 Å². The Morgan fingerprint density at radius 2 is 2.00 bits per heavy atom. The average molecular weight is 250 g/mol. The Hall–Kier alpha value is -2.04. The van der Waals surface area contributed by atoms with Crippen molar-refractivity contribution in [3.05, 3.63) is 29.3 Å². The fourth-order valence-electron chi connectivity index (χ4n) is 1.83. The summed E-state index contributed by atoms with van der Waals surface area (Å²) in [5, 5.41) is 11.9. The molecule has 1 aromatic carbocycles. The molecule has 0 unspecified atom stereocenters. The number of carboxylic acids is 1. The van der Waals surface area contributed by atoms with Crippen LogP contribution >= 0.6 is 0 Å². The summed E-state index contributed by atoms with van der Waals surface area (Å²) in [6.07, 6.45) is 0.00359. The van der Waals surface area contributed by atoms with E-state index in [1.165, 1.54) is 0 Å². The third-order valence-electron chi connectivity index (χ3n) is 2.57. The van der Waals surface area contributed by atoms with E-state index in [1.54, 1.807) is 39.0 Å². The van der Waals surface area contributed by atoms with Gasteiger partial charge in [-0.25, -0.2) is 0 Å². The zero-order chi connectivity index (χ0) is 13.9. The molecule has 0 spiro atoms. The molecule has 98 valence electrons. The van der Waals surface area contributed by atoms with Crippen molar-refractivity contribution in [3.8, 4) is 0 Å². The number of carboxylic acid groups (broad SMARTS) is 1. The standard InChI is InChI=1S/C13H18N2O3/c1-8-6-9(4-5-10(8)12(14)18)15-13(2,3)7-11(16)17/h4-6,15H,7H2,1-3H3,(H2,14,18)(H,16,17). The highest BCUT2D eigenvalue weighted by molar-refractivity contribution is 5.94. The lowest BCUT2D eigenvalue weighted by atomic mass is 9.99. The Balaban J connectivity index is 2.89. The maximum atomic E-state index is 11.1. The first-order valence-electron chi connectivity index (χ1n) is 5.62. The van der Waals surface area contributed by atoms with Gasteiger partial charge in [-0.05, 0) is 44.5 Å². The first kappa shape index (κ1) is 14.0. The van der Waals surface area contributed by atoms with Crippen molar-refractivity contribution >= 4 is 17.6 Å². The number of nitrogens with one attached hydrogen (secondary N) is 1. The Morgan fingerprint density at radius 3 is 2.44 bits per heavy atom. The number of rotatable bonds is 5. The number of amides is 1. The molecule has 0 saturated carbocycles. The summed E-state index contributed by atoms with van der Waals surface area (Å²) in [7, 11) is 0. The number of anilines is 1. The van der Waals surface area contributed by atoms with E-state index in [1.807, 2.05) is 0 Å². The third kappa shape index (κ3) is 3.76. The Morgan fingerprint density at radius 1 is 1.39 bits per heavy atom. The summed E-state index contributed by atoms with van der Waals surface area (Å²) >= 11 is 0. The van der Waals surface area contributed by atoms with Crippen LogP contribution in [0.1, 0.15) is 36.2 Å². The molecule has 5 nitrogen and oxygen atoms in total. The molecule has 0 radical (unpaired) electrons. The minimum atomic E-state index is -0.863. The van der Waals surface area contributed by atoms with Gasteiger partial charge < -0.3 is 16.2 Å². The van der Waals surface area contributed by atoms with E-state index >= 15 is 0 Å². The van der Waals surface area contributed by atoms with Crippen molar-refractivity contribution in [2.45, 2.75) is 32.7 Å². The minimum Gasteiger partial charge on any atom is -0.481 e. The molecule has 0 saturated heterocycles. The SMILES string of the molecule is Cc1cc(NC(C)(C)CC(=O)O)ccc1C(N)=O. The van der Waals surface area contributed by atoms with Gasteiger partial charge >= 0.3 is 5.97 Å². The van der Waals surface area contributed by atoms with E-state index in [4.69, 9.17) is 10.8 Å². The number of carbonyl (C=O) groups is 2. The second-order valence-corrected chi connectivity index (χ2v) is 4.97. The summed E-state index contributed by atoms with van der Waals surface area (Å²) in [6.45, 7) is 5.40. The molecule has 18 heavy (non-hydrogen) atoms. The van der Waals surface area contributed by atoms with Crippen LogP contribution in [-0.2, 0) is 4.79 Å². The quantitative estimate of drug-likeness (QED) is 0.742. The minimum absolute atomic E-state index is 0.00359. The van der Waals surface area contributed by atoms with Crippen molar-refractivity contribution < 1.29 is 14.7 Å². The Bertz CT molecular complexity index is 481. The molecular weight excluding hydrogens is 232 g/mol. The van der Waals surface area contributed by atoms with Gasteiger partial charge in [0.1, 0.15) is 0 Å². The average Bonchev–Trinajstić information content (AvgIpc) is 2.13. The maximum absolute atomic E-state index is 11.1. The largest absolute Gasteiger partial charge is 0.481 e. The van der Waals surface area contributed by atoms with Gasteiger partial charge in [-0.15, -0.1) is 0 Å². The van der Waals surface area contributed by atoms with Gasteiger partial charge in [-0.3, -0.25) is 9.59 Å². The molecule has 1 amide bonds. The molecule has 0 aliphatic rings. The molecule has 1 rings (SSSR count). The number of aryl methyl sites for hydroxylation is 1. The number of carbonyl (C=O) groups excluding carboxylic acids is 1. The van der Waals surface area contributed by atoms with Crippen molar-refractivity contribution in [3.63, 3.8) is 0 Å². The van der Waals surface area contributed by atoms with Crippen molar-refractivity contribution in [1.29, 1.82) is 0 Å². The van der Waals surface area contributed by atoms with Crippen LogP contribution < -0.4 is 11.1 Å². The summed E-state index contributed by atoms with van der Waals surface area (Å²) < 4.78 is 0. The van der Waals surface area contributed by atoms with Crippen LogP contribution in [-0.4, -0.2) is 22.5 Å². The fourth-order valence-corrected chi connectivity index (χ4v) is 1.83. The van der Waals surface area contributed by atoms with Crippen molar-refractivity contribution in [2.24, 2.45) is 5.73 Å². The second-order valence-electron chi connectivity index (χ2n) is 4.97. The van der Waals surface area contributed by atoms with E-state index in [9.17, 15) is 9.59 Å². The lowest BCUT2D eigenvalue weighted by molar-refractivity contribution is -0.137. The molecule has 5 heteroatoms. The monoisotopic (exact) mass is 250 g/mol. The van der Waals surface area contributed by atoms with E-state index in [-0.39, 0.29) is 6.42 Å². The molecular formula is C13H18N2O3. The Kier molecular flexibility index (Phi) is 3.96. The molecule has 4 N–H and O–H groups in total. The smallest absolute Gasteiger partial charge is 0.305 e. The van der Waals surface area contributed by atoms with Crippen LogP contribution in [0.5, 0.6) is 0 Å². The molecule has 0 fully saturated rings. The molecule has 0 aromatic heterocycles. The summed E-state index contributed by atoms with van der Waals surface area (Å²) in [6, 6.07) is 5.14. The van der Waals surface area contributed by atoms with E-state index in [0.29, 0.717) is 5.56 Å². The van der Waals surface area contributed by atoms with E-state index in [0.717, 1.165) is 11.3 Å². The number of primary amides is 1. The zero-order valence-corrected chi connectivity index (χ0v) is 10.8. The second kappa shape index (κ2) is 5.08. The van der Waals surface area contributed by atoms with Crippen molar-refractivity contribution in [1.82, 2.24) is 0 Å². The van der Waals surface area contributed by atoms with Gasteiger partial charge in [-0.1, -0.05) is 0 Å². The van der Waals surface area contributed by atoms with Crippen LogP contribution in [0.15, 0.2) is 18.2 Å². The number of hydrogen-bond acceptors (Lipinski definition) is 3. The van der Waals surface area contributed by atoms with E-state index in [2.05, 4.69) is 5.32 Å². The summed E-state index contributed by atoms with van der Waals surface area (Å²) in [5.41, 5.74) is 6.66. The number of benzene rings is 1. The molecule has 0 aliphatic carbocycles. The fraction of sp³-hybridized carbons (Fsp3) is 0.385. The van der Waals surface area contributed by atoms with Crippen LogP contribution in [0.25, 0.3) is 0 Å². The lowest BCUT2D eigenvalue weighted by Gasteiger charge is -2.26. The summed E-state index contributed by atoms with van der Waals surface area (Å²) in [5.74, 6) is -1.33. The maximum Gasteiger partial charge on any atom is 0.305 e. The highest BCUT2D eigenvalue weighted by Gasteiger charge is 2.21. The molecule has 0 atom stereocenters. The van der Waals surface area contributed by atoms with E-state index < -0.39 is 17.4 Å². The van der Waals surface area contributed by atoms with Gasteiger partial charge in [-0.2, -0.15) is 0 Å². The number of nitrogens with two attached hydrogens (primary N) is 1. The molecule has 0 bridgehead atoms. The number of aliphatic carboxylic acids is 1. The normalized spacial score (nSPS) is 11.1. The number of hydrogen-bond donors (Lipinski definition) is 3. The first-order valence-corrected chi connectivity index (χ1v) is 5.62. The Labute approximate surface area is 106 Å². The van der Waals surface area contributed by atoms with Gasteiger partial charge in [0.25, 0.3) is 0 Å². The molecule has 0 aliphatic heterocycles. The van der Waals surface area contributed by atoms with Crippen LogP contribution in [0.4, 0.5) is 5.69 Å². The summed E-state index contributed by atoms with van der Waals surface area (Å²) in [4.78, 5) is 21.8. The van der Waals surface area contributed by atoms with Gasteiger partial charge in [0.15, 0.2) is 0 Å². The molecule has 1 aromatic rings. The zero-order valence-electron chi connectivity index (χ0n) is 10.8. The highest BCUT2D eigenvalue weighted by Crippen LogP contribution is 2.21. The van der Waals surface area contributed by atoms with Gasteiger partial charge in [0.2, 0.25) is 5.91 Å².